The van der Waals surface area contributed by atoms with Crippen LogP contribution in [0.1, 0.15) is 29.7 Å². The SMILES string of the molecule is C=CC(=O)N1CCN(c2nc(OC[C@@H]3CCCN3C)nc3c2CCN(c2cccc4cccc(C)c24)C3)CC1C#CC#N. The van der Waals surface area contributed by atoms with Crippen LogP contribution >= 0.6 is 0 Å². The average molecular weight is 576 g/mol. The lowest BCUT2D eigenvalue weighted by atomic mass is 9.99. The summed E-state index contributed by atoms with van der Waals surface area (Å²) >= 11 is 0. The number of hydrogen-bond donors (Lipinski definition) is 0. The highest BCUT2D eigenvalue weighted by Crippen LogP contribution is 2.36. The van der Waals surface area contributed by atoms with Crippen LogP contribution < -0.4 is 14.5 Å². The van der Waals surface area contributed by atoms with Crippen molar-refractivity contribution in [2.24, 2.45) is 0 Å². The number of carbonyl (C=O) groups is 1. The second kappa shape index (κ2) is 12.3. The van der Waals surface area contributed by atoms with Crippen LogP contribution in [-0.2, 0) is 17.8 Å². The summed E-state index contributed by atoms with van der Waals surface area (Å²) in [7, 11) is 2.14. The zero-order valence-corrected chi connectivity index (χ0v) is 24.9. The van der Waals surface area contributed by atoms with Gasteiger partial charge in [-0.2, -0.15) is 15.2 Å². The Hall–Kier alpha value is -4.60. The molecule has 2 atom stereocenters. The minimum Gasteiger partial charge on any atom is -0.462 e. The first-order valence-electron chi connectivity index (χ1n) is 15.0. The third kappa shape index (κ3) is 5.74. The molecule has 43 heavy (non-hydrogen) atoms. The Morgan fingerprint density at radius 3 is 2.74 bits per heavy atom. The van der Waals surface area contributed by atoms with Gasteiger partial charge in [-0.15, -0.1) is 0 Å². The van der Waals surface area contributed by atoms with Crippen molar-refractivity contribution >= 4 is 28.2 Å². The van der Waals surface area contributed by atoms with Gasteiger partial charge in [0.1, 0.15) is 18.5 Å². The number of nitrogens with zero attached hydrogens (tertiary/aromatic N) is 7. The number of aromatic nitrogens is 2. The van der Waals surface area contributed by atoms with Crippen LogP contribution in [0.2, 0.25) is 0 Å². The van der Waals surface area contributed by atoms with E-state index in [4.69, 9.17) is 20.0 Å². The molecule has 0 bridgehead atoms. The van der Waals surface area contributed by atoms with Gasteiger partial charge in [0.2, 0.25) is 5.91 Å². The van der Waals surface area contributed by atoms with E-state index in [1.165, 1.54) is 34.5 Å². The quantitative estimate of drug-likeness (QED) is 0.325. The zero-order valence-electron chi connectivity index (χ0n) is 24.9. The number of amides is 1. The maximum absolute atomic E-state index is 12.6. The summed E-state index contributed by atoms with van der Waals surface area (Å²) < 4.78 is 6.30. The summed E-state index contributed by atoms with van der Waals surface area (Å²) in [5.74, 6) is 6.12. The Balaban J connectivity index is 1.35. The fourth-order valence-corrected chi connectivity index (χ4v) is 6.65. The van der Waals surface area contributed by atoms with E-state index >= 15 is 0 Å². The Labute approximate surface area is 253 Å². The number of ether oxygens (including phenoxy) is 1. The maximum atomic E-state index is 12.6. The van der Waals surface area contributed by atoms with Gasteiger partial charge in [0.05, 0.1) is 18.8 Å². The van der Waals surface area contributed by atoms with Crippen LogP contribution in [0.15, 0.2) is 49.1 Å². The van der Waals surface area contributed by atoms with Crippen LogP contribution in [0.3, 0.4) is 0 Å². The fourth-order valence-electron chi connectivity index (χ4n) is 6.65. The van der Waals surface area contributed by atoms with Gasteiger partial charge in [-0.1, -0.05) is 42.8 Å². The lowest BCUT2D eigenvalue weighted by Gasteiger charge is -2.41. The predicted octanol–water partition coefficient (Wildman–Crippen LogP) is 3.70. The van der Waals surface area contributed by atoms with Crippen molar-refractivity contribution < 1.29 is 9.53 Å². The predicted molar refractivity (Wildman–Crippen MR) is 168 cm³/mol. The molecule has 6 rings (SSSR count). The summed E-state index contributed by atoms with van der Waals surface area (Å²) in [6.45, 7) is 10.4. The van der Waals surface area contributed by atoms with E-state index in [0.29, 0.717) is 44.8 Å². The minimum atomic E-state index is -0.445. The summed E-state index contributed by atoms with van der Waals surface area (Å²) in [5.41, 5.74) is 4.53. The van der Waals surface area contributed by atoms with Crippen LogP contribution in [0.4, 0.5) is 11.5 Å². The average Bonchev–Trinajstić information content (AvgIpc) is 3.45. The Morgan fingerprint density at radius 2 is 1.98 bits per heavy atom. The van der Waals surface area contributed by atoms with Gasteiger partial charge in [0.25, 0.3) is 0 Å². The molecule has 2 aromatic carbocycles. The third-order valence-electron chi connectivity index (χ3n) is 8.96. The van der Waals surface area contributed by atoms with E-state index in [0.717, 1.165) is 43.0 Å². The number of hydrogen-bond acceptors (Lipinski definition) is 8. The Kier molecular flexibility index (Phi) is 8.18. The van der Waals surface area contributed by atoms with Gasteiger partial charge in [-0.05, 0) is 62.9 Å². The molecule has 0 spiro atoms. The largest absolute Gasteiger partial charge is 0.462 e. The molecule has 2 saturated heterocycles. The van der Waals surface area contributed by atoms with Gasteiger partial charge in [-0.3, -0.25) is 4.79 Å². The molecule has 2 fully saturated rings. The van der Waals surface area contributed by atoms with E-state index in [2.05, 4.69) is 83.5 Å². The number of nitriles is 1. The van der Waals surface area contributed by atoms with Gasteiger partial charge >= 0.3 is 6.01 Å². The molecule has 3 aromatic rings. The first kappa shape index (κ1) is 28.5. The molecule has 0 aliphatic carbocycles. The monoisotopic (exact) mass is 575 g/mol. The van der Waals surface area contributed by atoms with Crippen LogP contribution in [0.5, 0.6) is 6.01 Å². The number of carbonyl (C=O) groups excluding carboxylic acids is 1. The molecule has 3 aliphatic heterocycles. The van der Waals surface area contributed by atoms with Crippen LogP contribution in [0, 0.1) is 30.1 Å². The molecular weight excluding hydrogens is 538 g/mol. The summed E-state index contributed by atoms with van der Waals surface area (Å²) in [5, 5.41) is 11.6. The molecule has 1 amide bonds. The molecule has 9 nitrogen and oxygen atoms in total. The number of piperazine rings is 1. The molecule has 0 saturated carbocycles. The van der Waals surface area contributed by atoms with Gasteiger partial charge in [0, 0.05) is 48.2 Å². The van der Waals surface area contributed by atoms with E-state index < -0.39 is 6.04 Å². The Morgan fingerprint density at radius 1 is 1.14 bits per heavy atom. The molecule has 1 aromatic heterocycles. The minimum absolute atomic E-state index is 0.188. The first-order chi connectivity index (χ1) is 21.0. The summed E-state index contributed by atoms with van der Waals surface area (Å²) in [6.07, 6.45) is 4.35. The smallest absolute Gasteiger partial charge is 0.318 e. The number of fused-ring (bicyclic) bond motifs is 2. The van der Waals surface area contributed by atoms with Crippen molar-refractivity contribution in [3.05, 3.63) is 65.9 Å². The third-order valence-corrected chi connectivity index (χ3v) is 8.96. The van der Waals surface area contributed by atoms with Crippen molar-refractivity contribution in [3.63, 3.8) is 0 Å². The molecule has 0 radical (unpaired) electrons. The first-order valence-corrected chi connectivity index (χ1v) is 15.0. The lowest BCUT2D eigenvalue weighted by molar-refractivity contribution is -0.127. The normalized spacial score (nSPS) is 20.3. The topological polar surface area (TPSA) is 88.8 Å². The second-order valence-corrected chi connectivity index (χ2v) is 11.5. The number of benzene rings is 2. The van der Waals surface area contributed by atoms with E-state index in [1.54, 1.807) is 4.90 Å². The van der Waals surface area contributed by atoms with E-state index in [1.807, 2.05) is 6.07 Å². The van der Waals surface area contributed by atoms with Crippen molar-refractivity contribution in [2.75, 3.05) is 56.2 Å². The number of rotatable bonds is 6. The number of aryl methyl sites for hydroxylation is 1. The Bertz CT molecular complexity index is 1650. The highest BCUT2D eigenvalue weighted by atomic mass is 16.5. The van der Waals surface area contributed by atoms with Crippen LogP contribution in [0.25, 0.3) is 10.8 Å². The molecule has 1 unspecified atom stereocenters. The molecule has 9 heteroatoms. The molecule has 0 N–H and O–H groups in total. The summed E-state index contributed by atoms with van der Waals surface area (Å²) in [6, 6.07) is 15.1. The fraction of sp³-hybridized carbons (Fsp3) is 0.412. The number of anilines is 2. The molecular formula is C34H37N7O2. The van der Waals surface area contributed by atoms with E-state index in [-0.39, 0.29) is 5.91 Å². The second-order valence-electron chi connectivity index (χ2n) is 11.5. The molecule has 220 valence electrons. The zero-order chi connectivity index (χ0) is 29.9. The van der Waals surface area contributed by atoms with E-state index in [9.17, 15) is 4.79 Å². The van der Waals surface area contributed by atoms with Crippen molar-refractivity contribution in [1.82, 2.24) is 19.8 Å². The van der Waals surface area contributed by atoms with Gasteiger partial charge in [-0.25, -0.2) is 0 Å². The number of likely N-dealkylation sites (N-methyl/N-ethyl adjacent to an activating group) is 1. The maximum Gasteiger partial charge on any atom is 0.318 e. The standard InChI is InChI=1S/C34H37N7O2/c1-4-31(42)41-20-19-40(21-26(41)12-7-16-35)33-28-15-18-39(30-14-6-11-25-10-5-9-24(2)32(25)30)22-29(28)36-34(37-33)43-23-27-13-8-17-38(27)3/h4-6,9-11,14,26-27H,1,8,13,15,17-23H2,2-3H3/t26?,27-/m0/s1. The highest BCUT2D eigenvalue weighted by Gasteiger charge is 2.33. The molecule has 3 aliphatic rings. The van der Waals surface area contributed by atoms with Crippen LogP contribution in [-0.4, -0.2) is 84.1 Å². The highest BCUT2D eigenvalue weighted by molar-refractivity contribution is 5.97. The molecule has 4 heterocycles. The number of likely N-dealkylation sites (tertiary alicyclic amines) is 1. The van der Waals surface area contributed by atoms with Crippen molar-refractivity contribution in [1.29, 1.82) is 5.26 Å². The van der Waals surface area contributed by atoms with Gasteiger partial charge < -0.3 is 24.3 Å². The summed E-state index contributed by atoms with van der Waals surface area (Å²) in [4.78, 5) is 31.1. The van der Waals surface area contributed by atoms with Gasteiger partial charge in [0.15, 0.2) is 6.07 Å². The van der Waals surface area contributed by atoms with Crippen molar-refractivity contribution in [3.8, 4) is 23.9 Å². The lowest BCUT2D eigenvalue weighted by Crippen LogP contribution is -2.55. The van der Waals surface area contributed by atoms with Crippen molar-refractivity contribution in [2.45, 2.75) is 44.8 Å².